The molecule has 2 N–H and O–H groups in total. The van der Waals surface area contributed by atoms with E-state index in [1.165, 1.54) is 6.07 Å². The Bertz CT molecular complexity index is 962. The van der Waals surface area contributed by atoms with Gasteiger partial charge in [-0.1, -0.05) is 0 Å². The molecule has 2 saturated carbocycles. The van der Waals surface area contributed by atoms with Crippen molar-refractivity contribution < 1.29 is 23.4 Å². The van der Waals surface area contributed by atoms with Crippen LogP contribution in [0.1, 0.15) is 67.5 Å². The van der Waals surface area contributed by atoms with E-state index in [-0.39, 0.29) is 48.1 Å². The van der Waals surface area contributed by atoms with Crippen molar-refractivity contribution in [2.24, 2.45) is 7.05 Å². The van der Waals surface area contributed by atoms with Gasteiger partial charge in [-0.2, -0.15) is 0 Å². The summed E-state index contributed by atoms with van der Waals surface area (Å²) in [5, 5.41) is 14.2. The summed E-state index contributed by atoms with van der Waals surface area (Å²) in [5.74, 6) is -2.95. The van der Waals surface area contributed by atoms with Crippen molar-refractivity contribution in [3.63, 3.8) is 0 Å². The van der Waals surface area contributed by atoms with Crippen LogP contribution in [-0.4, -0.2) is 55.7 Å². The summed E-state index contributed by atoms with van der Waals surface area (Å²) in [6.07, 6.45) is 5.55. The first kappa shape index (κ1) is 22.7. The van der Waals surface area contributed by atoms with Gasteiger partial charge in [0.05, 0.1) is 24.3 Å². The van der Waals surface area contributed by atoms with Crippen LogP contribution < -0.4 is 5.32 Å². The lowest BCUT2D eigenvalue weighted by atomic mass is 9.80. The topological polar surface area (TPSA) is 102 Å². The Morgan fingerprint density at radius 3 is 2.47 bits per heavy atom. The summed E-state index contributed by atoms with van der Waals surface area (Å²) in [6.45, 7) is 0. The molecule has 2 aliphatic rings. The molecule has 2 aromatic rings. The van der Waals surface area contributed by atoms with E-state index >= 15 is 0 Å². The standard InChI is InChI=1S/C22H29F2N5O3/c1-29-13-25-12-17(29)19-27-16(20(30)26-14-3-5-15(32-2)6-4-14)11-18(28-19)21(31)7-9-22(23,24)10-8-21/h11-15,31H,3-10H2,1-2H3,(H,26,30). The van der Waals surface area contributed by atoms with Crippen molar-refractivity contribution in [3.8, 4) is 11.5 Å². The normalized spacial score (nSPS) is 24.8. The maximum absolute atomic E-state index is 13.7. The zero-order chi connectivity index (χ0) is 22.9. The number of amides is 1. The van der Waals surface area contributed by atoms with Gasteiger partial charge in [-0.15, -0.1) is 0 Å². The average Bonchev–Trinajstić information content (AvgIpc) is 3.22. The van der Waals surface area contributed by atoms with Gasteiger partial charge in [0, 0.05) is 33.0 Å². The third-order valence-electron chi connectivity index (χ3n) is 6.63. The van der Waals surface area contributed by atoms with Crippen LogP contribution in [0.25, 0.3) is 11.5 Å². The quantitative estimate of drug-likeness (QED) is 0.728. The van der Waals surface area contributed by atoms with E-state index in [1.54, 1.807) is 31.2 Å². The van der Waals surface area contributed by atoms with E-state index in [0.29, 0.717) is 5.69 Å². The number of imidazole rings is 1. The molecule has 0 unspecified atom stereocenters. The first-order valence-corrected chi connectivity index (χ1v) is 11.0. The third-order valence-corrected chi connectivity index (χ3v) is 6.63. The van der Waals surface area contributed by atoms with Crippen LogP contribution in [0, 0.1) is 0 Å². The number of rotatable bonds is 5. The second-order valence-electron chi connectivity index (χ2n) is 8.92. The van der Waals surface area contributed by atoms with Gasteiger partial charge in [-0.25, -0.2) is 23.7 Å². The van der Waals surface area contributed by atoms with Crippen molar-refractivity contribution in [1.29, 1.82) is 0 Å². The average molecular weight is 450 g/mol. The number of carbonyl (C=O) groups is 1. The lowest BCUT2D eigenvalue weighted by Gasteiger charge is -2.35. The smallest absolute Gasteiger partial charge is 0.270 e. The number of hydrogen-bond acceptors (Lipinski definition) is 6. The molecule has 10 heteroatoms. The molecule has 0 spiro atoms. The van der Waals surface area contributed by atoms with Crippen LogP contribution in [0.3, 0.4) is 0 Å². The number of aromatic nitrogens is 4. The molecule has 32 heavy (non-hydrogen) atoms. The Hall–Kier alpha value is -2.46. The molecule has 2 heterocycles. The highest BCUT2D eigenvalue weighted by Crippen LogP contribution is 2.43. The number of carbonyl (C=O) groups excluding carboxylic acids is 1. The van der Waals surface area contributed by atoms with Gasteiger partial charge in [0.2, 0.25) is 5.92 Å². The molecule has 174 valence electrons. The van der Waals surface area contributed by atoms with Crippen molar-refractivity contribution in [3.05, 3.63) is 30.0 Å². The fraction of sp³-hybridized carbons (Fsp3) is 0.636. The maximum Gasteiger partial charge on any atom is 0.270 e. The zero-order valence-electron chi connectivity index (χ0n) is 18.4. The Kier molecular flexibility index (Phi) is 6.26. The van der Waals surface area contributed by atoms with Gasteiger partial charge in [0.15, 0.2) is 5.82 Å². The Morgan fingerprint density at radius 2 is 1.88 bits per heavy atom. The fourth-order valence-corrected chi connectivity index (χ4v) is 4.48. The van der Waals surface area contributed by atoms with Gasteiger partial charge in [0.1, 0.15) is 17.0 Å². The highest BCUT2D eigenvalue weighted by atomic mass is 19.3. The first-order valence-electron chi connectivity index (χ1n) is 11.0. The number of nitrogens with zero attached hydrogens (tertiary/aromatic N) is 4. The van der Waals surface area contributed by atoms with E-state index in [1.807, 2.05) is 0 Å². The minimum absolute atomic E-state index is 0.00364. The lowest BCUT2D eigenvalue weighted by Crippen LogP contribution is -2.40. The summed E-state index contributed by atoms with van der Waals surface area (Å²) in [4.78, 5) is 26.0. The number of aryl methyl sites for hydroxylation is 1. The van der Waals surface area contributed by atoms with E-state index in [0.717, 1.165) is 25.7 Å². The second kappa shape index (κ2) is 8.82. The molecule has 0 aromatic carbocycles. The molecule has 0 atom stereocenters. The highest BCUT2D eigenvalue weighted by molar-refractivity contribution is 5.93. The van der Waals surface area contributed by atoms with Crippen LogP contribution in [0.2, 0.25) is 0 Å². The van der Waals surface area contributed by atoms with Crippen LogP contribution in [-0.2, 0) is 17.4 Å². The van der Waals surface area contributed by atoms with Crippen LogP contribution >= 0.6 is 0 Å². The third kappa shape index (κ3) is 4.80. The summed E-state index contributed by atoms with van der Waals surface area (Å²) >= 11 is 0. The summed E-state index contributed by atoms with van der Waals surface area (Å²) < 4.78 is 34.5. The molecular weight excluding hydrogens is 420 g/mol. The number of alkyl halides is 2. The van der Waals surface area contributed by atoms with Gasteiger partial charge in [-0.3, -0.25) is 4.79 Å². The van der Waals surface area contributed by atoms with E-state index < -0.39 is 24.4 Å². The minimum atomic E-state index is -2.80. The number of halogens is 2. The molecule has 2 fully saturated rings. The number of aliphatic hydroxyl groups is 1. The SMILES string of the molecule is COC1CCC(NC(=O)c2cc(C3(O)CCC(F)(F)CC3)nc(-c3cncn3C)n2)CC1. The number of nitrogens with one attached hydrogen (secondary N) is 1. The molecule has 4 rings (SSSR count). The van der Waals surface area contributed by atoms with Crippen LogP contribution in [0.15, 0.2) is 18.6 Å². The monoisotopic (exact) mass is 449 g/mol. The molecule has 2 aliphatic carbocycles. The van der Waals surface area contributed by atoms with Gasteiger partial charge >= 0.3 is 0 Å². The van der Waals surface area contributed by atoms with Crippen molar-refractivity contribution in [2.45, 2.75) is 75.0 Å². The minimum Gasteiger partial charge on any atom is -0.384 e. The zero-order valence-corrected chi connectivity index (χ0v) is 18.4. The maximum atomic E-state index is 13.7. The molecule has 0 bridgehead atoms. The van der Waals surface area contributed by atoms with Crippen molar-refractivity contribution in [1.82, 2.24) is 24.8 Å². The Balaban J connectivity index is 1.62. The molecule has 1 amide bonds. The number of methoxy groups -OCH3 is 1. The lowest BCUT2D eigenvalue weighted by molar-refractivity contribution is -0.108. The van der Waals surface area contributed by atoms with Crippen molar-refractivity contribution in [2.75, 3.05) is 7.11 Å². The molecule has 0 saturated heterocycles. The van der Waals surface area contributed by atoms with Crippen LogP contribution in [0.4, 0.5) is 8.78 Å². The Labute approximate surface area is 185 Å². The summed E-state index contributed by atoms with van der Waals surface area (Å²) in [5.41, 5.74) is -0.687. The summed E-state index contributed by atoms with van der Waals surface area (Å²) in [6, 6.07) is 1.43. The van der Waals surface area contributed by atoms with E-state index in [2.05, 4.69) is 20.3 Å². The number of hydrogen-bond donors (Lipinski definition) is 2. The van der Waals surface area contributed by atoms with Gasteiger partial charge < -0.3 is 19.7 Å². The molecule has 0 radical (unpaired) electrons. The van der Waals surface area contributed by atoms with E-state index in [9.17, 15) is 18.7 Å². The second-order valence-corrected chi connectivity index (χ2v) is 8.92. The predicted octanol–water partition coefficient (Wildman–Crippen LogP) is 2.96. The van der Waals surface area contributed by atoms with Gasteiger partial charge in [0.25, 0.3) is 5.91 Å². The van der Waals surface area contributed by atoms with Crippen LogP contribution in [0.5, 0.6) is 0 Å². The highest BCUT2D eigenvalue weighted by Gasteiger charge is 2.44. The fourth-order valence-electron chi connectivity index (χ4n) is 4.48. The molecular formula is C22H29F2N5O3. The molecule has 0 aliphatic heterocycles. The van der Waals surface area contributed by atoms with E-state index in [4.69, 9.17) is 4.74 Å². The molecule has 2 aromatic heterocycles. The Morgan fingerprint density at radius 1 is 1.19 bits per heavy atom. The first-order chi connectivity index (χ1) is 15.2. The van der Waals surface area contributed by atoms with Crippen molar-refractivity contribution >= 4 is 5.91 Å². The largest absolute Gasteiger partial charge is 0.384 e. The predicted molar refractivity (Wildman–Crippen MR) is 112 cm³/mol. The summed E-state index contributed by atoms with van der Waals surface area (Å²) in [7, 11) is 3.46. The molecule has 8 nitrogen and oxygen atoms in total. The van der Waals surface area contributed by atoms with Gasteiger partial charge in [-0.05, 0) is 44.6 Å². The number of ether oxygens (including phenoxy) is 1.